The van der Waals surface area contributed by atoms with Crippen LogP contribution in [-0.4, -0.2) is 8.42 Å². The Labute approximate surface area is 125 Å². The Morgan fingerprint density at radius 1 is 1.10 bits per heavy atom. The summed E-state index contributed by atoms with van der Waals surface area (Å²) in [7, 11) is -3.99. The van der Waals surface area contributed by atoms with E-state index in [1.54, 1.807) is 0 Å². The quantitative estimate of drug-likeness (QED) is 0.935. The van der Waals surface area contributed by atoms with Gasteiger partial charge in [0.25, 0.3) is 0 Å². The molecule has 21 heavy (non-hydrogen) atoms. The first kappa shape index (κ1) is 15.7. The highest BCUT2D eigenvalue weighted by Crippen LogP contribution is 2.23. The van der Waals surface area contributed by atoms with Crippen molar-refractivity contribution in [2.24, 2.45) is 5.14 Å². The van der Waals surface area contributed by atoms with Crippen molar-refractivity contribution in [3.05, 3.63) is 58.6 Å². The zero-order valence-corrected chi connectivity index (χ0v) is 12.1. The van der Waals surface area contributed by atoms with Crippen LogP contribution in [-0.2, 0) is 16.6 Å². The summed E-state index contributed by atoms with van der Waals surface area (Å²) in [6, 6.07) is 6.84. The Morgan fingerprint density at radius 2 is 1.81 bits per heavy atom. The molecule has 2 N–H and O–H groups in total. The number of halogens is 3. The maximum absolute atomic E-state index is 13.7. The van der Waals surface area contributed by atoms with Crippen molar-refractivity contribution in [2.45, 2.75) is 11.5 Å². The first-order chi connectivity index (χ1) is 9.77. The number of sulfonamides is 1. The van der Waals surface area contributed by atoms with E-state index in [0.717, 1.165) is 18.2 Å². The van der Waals surface area contributed by atoms with Gasteiger partial charge in [0.1, 0.15) is 12.4 Å². The molecular weight excluding hydrogens is 324 g/mol. The third-order valence-corrected chi connectivity index (χ3v) is 3.77. The Bertz CT molecular complexity index is 781. The Balaban J connectivity index is 2.19. The van der Waals surface area contributed by atoms with E-state index in [1.807, 2.05) is 0 Å². The number of benzene rings is 2. The van der Waals surface area contributed by atoms with Gasteiger partial charge in [-0.25, -0.2) is 22.3 Å². The Hall–Kier alpha value is -1.70. The van der Waals surface area contributed by atoms with Crippen LogP contribution < -0.4 is 9.88 Å². The predicted molar refractivity (Wildman–Crippen MR) is 73.5 cm³/mol. The van der Waals surface area contributed by atoms with Crippen LogP contribution in [0.5, 0.6) is 5.75 Å². The zero-order chi connectivity index (χ0) is 15.6. The predicted octanol–water partition coefficient (Wildman–Crippen LogP) is 2.84. The molecule has 2 aromatic rings. The lowest BCUT2D eigenvalue weighted by Crippen LogP contribution is -2.12. The molecule has 0 fully saturated rings. The van der Waals surface area contributed by atoms with E-state index < -0.39 is 21.7 Å². The monoisotopic (exact) mass is 333 g/mol. The van der Waals surface area contributed by atoms with Gasteiger partial charge < -0.3 is 4.74 Å². The van der Waals surface area contributed by atoms with Crippen molar-refractivity contribution < 1.29 is 21.9 Å². The summed E-state index contributed by atoms with van der Waals surface area (Å²) in [6.07, 6.45) is 0. The molecule has 4 nitrogen and oxygen atoms in total. The maximum Gasteiger partial charge on any atom is 0.238 e. The van der Waals surface area contributed by atoms with E-state index in [0.29, 0.717) is 5.02 Å². The van der Waals surface area contributed by atoms with E-state index in [1.165, 1.54) is 18.2 Å². The van der Waals surface area contributed by atoms with Gasteiger partial charge in [-0.1, -0.05) is 11.6 Å². The van der Waals surface area contributed by atoms with Gasteiger partial charge in [-0.2, -0.15) is 0 Å². The molecule has 0 aliphatic carbocycles. The number of ether oxygens (including phenoxy) is 1. The molecule has 0 radical (unpaired) electrons. The van der Waals surface area contributed by atoms with Crippen LogP contribution in [0.1, 0.15) is 5.56 Å². The summed E-state index contributed by atoms with van der Waals surface area (Å²) in [4.78, 5) is -0.374. The number of hydrogen-bond acceptors (Lipinski definition) is 3. The van der Waals surface area contributed by atoms with Crippen molar-refractivity contribution >= 4 is 21.6 Å². The molecule has 0 spiro atoms. The van der Waals surface area contributed by atoms with Gasteiger partial charge in [0.15, 0.2) is 11.6 Å². The lowest BCUT2D eigenvalue weighted by atomic mass is 10.2. The Kier molecular flexibility index (Phi) is 4.46. The summed E-state index contributed by atoms with van der Waals surface area (Å²) in [5.74, 6) is -1.67. The van der Waals surface area contributed by atoms with Gasteiger partial charge in [-0.3, -0.25) is 0 Å². The molecular formula is C13H10ClF2NO3S. The molecule has 0 saturated carbocycles. The summed E-state index contributed by atoms with van der Waals surface area (Å²) >= 11 is 5.72. The molecule has 0 aliphatic heterocycles. The molecule has 0 heterocycles. The van der Waals surface area contributed by atoms with Crippen LogP contribution in [0.15, 0.2) is 41.3 Å². The lowest BCUT2D eigenvalue weighted by molar-refractivity contribution is 0.284. The van der Waals surface area contributed by atoms with Crippen LogP contribution in [0.25, 0.3) is 0 Å². The minimum atomic E-state index is -3.99. The van der Waals surface area contributed by atoms with Crippen molar-refractivity contribution in [1.82, 2.24) is 0 Å². The lowest BCUT2D eigenvalue weighted by Gasteiger charge is -2.09. The summed E-state index contributed by atoms with van der Waals surface area (Å²) in [5, 5.41) is 5.20. The smallest absolute Gasteiger partial charge is 0.238 e. The SMILES string of the molecule is NS(=O)(=O)c1ccc(OCc2cc(Cl)ccc2F)c(F)c1. The summed E-state index contributed by atoms with van der Waals surface area (Å²) in [6.45, 7) is -0.252. The van der Waals surface area contributed by atoms with Crippen molar-refractivity contribution in [2.75, 3.05) is 0 Å². The van der Waals surface area contributed by atoms with Gasteiger partial charge >= 0.3 is 0 Å². The number of rotatable bonds is 4. The average molecular weight is 334 g/mol. The number of primary sulfonamides is 1. The van der Waals surface area contributed by atoms with E-state index in [9.17, 15) is 17.2 Å². The zero-order valence-electron chi connectivity index (χ0n) is 10.5. The van der Waals surface area contributed by atoms with Crippen molar-refractivity contribution in [3.63, 3.8) is 0 Å². The van der Waals surface area contributed by atoms with Crippen LogP contribution in [0.3, 0.4) is 0 Å². The molecule has 0 atom stereocenters. The van der Waals surface area contributed by atoms with Crippen molar-refractivity contribution in [1.29, 1.82) is 0 Å². The second kappa shape index (κ2) is 5.97. The van der Waals surface area contributed by atoms with Gasteiger partial charge in [0.2, 0.25) is 10.0 Å². The van der Waals surface area contributed by atoms with Crippen LogP contribution in [0, 0.1) is 11.6 Å². The van der Waals surface area contributed by atoms with Gasteiger partial charge in [-0.05, 0) is 36.4 Å². The van der Waals surface area contributed by atoms with Gasteiger partial charge in [0, 0.05) is 10.6 Å². The standard InChI is InChI=1S/C13H10ClF2NO3S/c14-9-1-3-11(15)8(5-9)7-20-13-4-2-10(6-12(13)16)21(17,18)19/h1-6H,7H2,(H2,17,18,19). The van der Waals surface area contributed by atoms with Crippen LogP contribution in [0.4, 0.5) is 8.78 Å². The van der Waals surface area contributed by atoms with Crippen LogP contribution in [0.2, 0.25) is 5.02 Å². The highest BCUT2D eigenvalue weighted by molar-refractivity contribution is 7.89. The third-order valence-electron chi connectivity index (χ3n) is 2.62. The molecule has 112 valence electrons. The summed E-state index contributed by atoms with van der Waals surface area (Å²) < 4.78 is 54.4. The maximum atomic E-state index is 13.7. The molecule has 0 amide bonds. The first-order valence-corrected chi connectivity index (χ1v) is 7.59. The average Bonchev–Trinajstić information content (AvgIpc) is 2.40. The highest BCUT2D eigenvalue weighted by atomic mass is 35.5. The fraction of sp³-hybridized carbons (Fsp3) is 0.0769. The third kappa shape index (κ3) is 3.90. The van der Waals surface area contributed by atoms with E-state index in [4.69, 9.17) is 21.5 Å². The highest BCUT2D eigenvalue weighted by Gasteiger charge is 2.13. The largest absolute Gasteiger partial charge is 0.486 e. The molecule has 0 aromatic heterocycles. The molecule has 0 saturated heterocycles. The molecule has 0 aliphatic rings. The molecule has 2 aromatic carbocycles. The number of hydrogen-bond donors (Lipinski definition) is 1. The minimum Gasteiger partial charge on any atom is -0.486 e. The fourth-order valence-corrected chi connectivity index (χ4v) is 2.31. The van der Waals surface area contributed by atoms with Crippen molar-refractivity contribution in [3.8, 4) is 5.75 Å². The fourth-order valence-electron chi connectivity index (χ4n) is 1.59. The molecule has 0 unspecified atom stereocenters. The second-order valence-electron chi connectivity index (χ2n) is 4.16. The Morgan fingerprint density at radius 3 is 2.43 bits per heavy atom. The normalized spacial score (nSPS) is 11.4. The van der Waals surface area contributed by atoms with Gasteiger partial charge in [0.05, 0.1) is 4.90 Å². The topological polar surface area (TPSA) is 69.4 Å². The molecule has 2 rings (SSSR count). The van der Waals surface area contributed by atoms with E-state index in [2.05, 4.69) is 0 Å². The minimum absolute atomic E-state index is 0.150. The second-order valence-corrected chi connectivity index (χ2v) is 6.16. The van der Waals surface area contributed by atoms with E-state index >= 15 is 0 Å². The first-order valence-electron chi connectivity index (χ1n) is 5.66. The van der Waals surface area contributed by atoms with Gasteiger partial charge in [-0.15, -0.1) is 0 Å². The molecule has 8 heteroatoms. The van der Waals surface area contributed by atoms with Crippen LogP contribution >= 0.6 is 11.6 Å². The number of nitrogens with two attached hydrogens (primary N) is 1. The summed E-state index contributed by atoms with van der Waals surface area (Å²) in [5.41, 5.74) is 0.150. The van der Waals surface area contributed by atoms with E-state index in [-0.39, 0.29) is 22.8 Å². The molecule has 0 bridgehead atoms.